The smallest absolute Gasteiger partial charge is 0.255 e. The SMILES string of the molecule is COc1cc(/C=N\NC(=O)CCC(=O)Nc2ccc(C)cc2C)ccc1OCC(N)=O. The number of anilines is 1. The largest absolute Gasteiger partial charge is 0.493 e. The van der Waals surface area contributed by atoms with E-state index in [1.54, 1.807) is 18.2 Å². The third-order valence-electron chi connectivity index (χ3n) is 4.20. The molecule has 0 atom stereocenters. The van der Waals surface area contributed by atoms with E-state index in [4.69, 9.17) is 15.2 Å². The molecule has 0 saturated heterocycles. The fourth-order valence-electron chi connectivity index (χ4n) is 2.66. The van der Waals surface area contributed by atoms with Crippen LogP contribution in [0.5, 0.6) is 11.5 Å². The molecule has 9 heteroatoms. The monoisotopic (exact) mass is 426 g/mol. The topological polar surface area (TPSA) is 132 Å². The first-order valence-electron chi connectivity index (χ1n) is 9.56. The molecule has 0 radical (unpaired) electrons. The minimum absolute atomic E-state index is 0.00268. The molecule has 0 fully saturated rings. The molecule has 2 rings (SSSR count). The number of carbonyl (C=O) groups excluding carboxylic acids is 3. The molecule has 0 aliphatic rings. The third-order valence-corrected chi connectivity index (χ3v) is 4.20. The van der Waals surface area contributed by atoms with E-state index < -0.39 is 5.91 Å². The van der Waals surface area contributed by atoms with Crippen molar-refractivity contribution in [1.82, 2.24) is 5.43 Å². The molecule has 0 spiro atoms. The summed E-state index contributed by atoms with van der Waals surface area (Å²) >= 11 is 0. The van der Waals surface area contributed by atoms with Gasteiger partial charge in [0.15, 0.2) is 18.1 Å². The van der Waals surface area contributed by atoms with Crippen LogP contribution in [0.1, 0.15) is 29.5 Å². The van der Waals surface area contributed by atoms with Gasteiger partial charge in [0, 0.05) is 18.5 Å². The van der Waals surface area contributed by atoms with Gasteiger partial charge >= 0.3 is 0 Å². The fourth-order valence-corrected chi connectivity index (χ4v) is 2.66. The van der Waals surface area contributed by atoms with Gasteiger partial charge in [0.05, 0.1) is 13.3 Å². The third kappa shape index (κ3) is 7.81. The number of hydrogen-bond donors (Lipinski definition) is 3. The molecule has 2 aromatic rings. The van der Waals surface area contributed by atoms with Crippen LogP contribution in [-0.2, 0) is 14.4 Å². The summed E-state index contributed by atoms with van der Waals surface area (Å²) in [4.78, 5) is 34.8. The number of hydrazone groups is 1. The lowest BCUT2D eigenvalue weighted by atomic mass is 10.1. The Morgan fingerprint density at radius 2 is 1.77 bits per heavy atom. The van der Waals surface area contributed by atoms with Crippen molar-refractivity contribution >= 4 is 29.6 Å². The number of aryl methyl sites for hydroxylation is 2. The Bertz CT molecular complexity index is 988. The Morgan fingerprint density at radius 1 is 1.03 bits per heavy atom. The second-order valence-corrected chi connectivity index (χ2v) is 6.83. The lowest BCUT2D eigenvalue weighted by Crippen LogP contribution is -2.21. The van der Waals surface area contributed by atoms with Gasteiger partial charge < -0.3 is 20.5 Å². The highest BCUT2D eigenvalue weighted by Crippen LogP contribution is 2.27. The average molecular weight is 426 g/mol. The van der Waals surface area contributed by atoms with E-state index >= 15 is 0 Å². The molecule has 4 N–H and O–H groups in total. The van der Waals surface area contributed by atoms with Crippen LogP contribution in [0.25, 0.3) is 0 Å². The Hall–Kier alpha value is -3.88. The molecule has 0 aliphatic heterocycles. The Labute approximate surface area is 180 Å². The fraction of sp³-hybridized carbons (Fsp3) is 0.273. The van der Waals surface area contributed by atoms with Gasteiger partial charge in [-0.3, -0.25) is 14.4 Å². The zero-order chi connectivity index (χ0) is 22.8. The van der Waals surface area contributed by atoms with Gasteiger partial charge in [-0.2, -0.15) is 5.10 Å². The van der Waals surface area contributed by atoms with E-state index in [1.165, 1.54) is 13.3 Å². The first-order chi connectivity index (χ1) is 14.8. The normalized spacial score (nSPS) is 10.5. The highest BCUT2D eigenvalue weighted by Gasteiger charge is 2.09. The molecule has 0 bridgehead atoms. The van der Waals surface area contributed by atoms with Gasteiger partial charge in [-0.25, -0.2) is 5.43 Å². The number of primary amides is 1. The molecule has 0 heterocycles. The van der Waals surface area contributed by atoms with Gasteiger partial charge in [-0.05, 0) is 49.2 Å². The van der Waals surface area contributed by atoms with E-state index in [0.717, 1.165) is 16.8 Å². The van der Waals surface area contributed by atoms with Crippen LogP contribution in [-0.4, -0.2) is 37.7 Å². The second kappa shape index (κ2) is 11.3. The van der Waals surface area contributed by atoms with Crippen molar-refractivity contribution in [3.63, 3.8) is 0 Å². The number of benzene rings is 2. The lowest BCUT2D eigenvalue weighted by molar-refractivity contribution is -0.124. The molecular weight excluding hydrogens is 400 g/mol. The highest BCUT2D eigenvalue weighted by atomic mass is 16.5. The van der Waals surface area contributed by atoms with Crippen LogP contribution in [0.3, 0.4) is 0 Å². The number of nitrogens with two attached hydrogens (primary N) is 1. The highest BCUT2D eigenvalue weighted by molar-refractivity contribution is 5.94. The van der Waals surface area contributed by atoms with Gasteiger partial charge in [-0.1, -0.05) is 17.7 Å². The number of nitrogens with zero attached hydrogens (tertiary/aromatic N) is 1. The zero-order valence-corrected chi connectivity index (χ0v) is 17.7. The van der Waals surface area contributed by atoms with Crippen LogP contribution in [0.15, 0.2) is 41.5 Å². The van der Waals surface area contributed by atoms with Crippen molar-refractivity contribution in [3.05, 3.63) is 53.1 Å². The quantitative estimate of drug-likeness (QED) is 0.395. The van der Waals surface area contributed by atoms with Crippen molar-refractivity contribution in [2.24, 2.45) is 10.8 Å². The molecule has 2 aromatic carbocycles. The molecule has 0 aromatic heterocycles. The summed E-state index contributed by atoms with van der Waals surface area (Å²) in [6.07, 6.45) is 1.46. The van der Waals surface area contributed by atoms with Gasteiger partial charge in [-0.15, -0.1) is 0 Å². The second-order valence-electron chi connectivity index (χ2n) is 6.83. The summed E-state index contributed by atoms with van der Waals surface area (Å²) < 4.78 is 10.4. The molecule has 164 valence electrons. The molecule has 0 aliphatic carbocycles. The van der Waals surface area contributed by atoms with Crippen LogP contribution in [0, 0.1) is 13.8 Å². The standard InChI is InChI=1S/C22H26N4O5/c1-14-4-6-17(15(2)10-14)25-21(28)8-9-22(29)26-24-12-16-5-7-18(19(11-16)30-3)31-13-20(23)27/h4-7,10-12H,8-9,13H2,1-3H3,(H2,23,27)(H,25,28)(H,26,29)/b24-12-. The van der Waals surface area contributed by atoms with Crippen LogP contribution in [0.2, 0.25) is 0 Å². The Balaban J connectivity index is 1.82. The summed E-state index contributed by atoms with van der Waals surface area (Å²) in [5, 5.41) is 6.68. The minimum Gasteiger partial charge on any atom is -0.493 e. The number of rotatable bonds is 10. The van der Waals surface area contributed by atoms with E-state index in [1.807, 2.05) is 32.0 Å². The van der Waals surface area contributed by atoms with Crippen LogP contribution >= 0.6 is 0 Å². The number of methoxy groups -OCH3 is 1. The summed E-state index contributed by atoms with van der Waals surface area (Å²) in [5.74, 6) is -0.488. The maximum atomic E-state index is 12.1. The first-order valence-corrected chi connectivity index (χ1v) is 9.56. The maximum Gasteiger partial charge on any atom is 0.255 e. The van der Waals surface area contributed by atoms with Crippen molar-refractivity contribution in [2.75, 3.05) is 19.0 Å². The average Bonchev–Trinajstić information content (AvgIpc) is 2.73. The summed E-state index contributed by atoms with van der Waals surface area (Å²) in [7, 11) is 1.46. The molecule has 3 amide bonds. The van der Waals surface area contributed by atoms with Crippen molar-refractivity contribution < 1.29 is 23.9 Å². The molecular formula is C22H26N4O5. The molecule has 0 unspecified atom stereocenters. The Kier molecular flexibility index (Phi) is 8.56. The number of ether oxygens (including phenoxy) is 2. The number of amides is 3. The van der Waals surface area contributed by atoms with E-state index in [-0.39, 0.29) is 31.3 Å². The van der Waals surface area contributed by atoms with Crippen molar-refractivity contribution in [2.45, 2.75) is 26.7 Å². The zero-order valence-electron chi connectivity index (χ0n) is 17.7. The van der Waals surface area contributed by atoms with Crippen LogP contribution in [0.4, 0.5) is 5.69 Å². The van der Waals surface area contributed by atoms with Gasteiger partial charge in [0.1, 0.15) is 0 Å². The summed E-state index contributed by atoms with van der Waals surface area (Å²) in [6.45, 7) is 3.62. The minimum atomic E-state index is -0.599. The van der Waals surface area contributed by atoms with E-state index in [9.17, 15) is 14.4 Å². The summed E-state index contributed by atoms with van der Waals surface area (Å²) in [5.41, 5.74) is 10.9. The predicted molar refractivity (Wildman–Crippen MR) is 117 cm³/mol. The molecule has 0 saturated carbocycles. The van der Waals surface area contributed by atoms with E-state index in [0.29, 0.717) is 17.1 Å². The predicted octanol–water partition coefficient (Wildman–Crippen LogP) is 2.05. The number of nitrogens with one attached hydrogen (secondary N) is 2. The van der Waals surface area contributed by atoms with Crippen molar-refractivity contribution in [1.29, 1.82) is 0 Å². The Morgan fingerprint density at radius 3 is 2.45 bits per heavy atom. The number of carbonyl (C=O) groups is 3. The van der Waals surface area contributed by atoms with E-state index in [2.05, 4.69) is 15.8 Å². The molecule has 31 heavy (non-hydrogen) atoms. The van der Waals surface area contributed by atoms with Crippen LogP contribution < -0.4 is 25.9 Å². The number of hydrogen-bond acceptors (Lipinski definition) is 6. The lowest BCUT2D eigenvalue weighted by Gasteiger charge is -2.10. The maximum absolute atomic E-state index is 12.1. The van der Waals surface area contributed by atoms with Gasteiger partial charge in [0.25, 0.3) is 5.91 Å². The van der Waals surface area contributed by atoms with Gasteiger partial charge in [0.2, 0.25) is 11.8 Å². The molecule has 9 nitrogen and oxygen atoms in total. The first kappa shape index (κ1) is 23.4. The van der Waals surface area contributed by atoms with Crippen molar-refractivity contribution in [3.8, 4) is 11.5 Å². The summed E-state index contributed by atoms with van der Waals surface area (Å²) in [6, 6.07) is 10.6.